The monoisotopic (exact) mass is 360 g/mol. The first-order chi connectivity index (χ1) is 12.5. The van der Waals surface area contributed by atoms with Crippen LogP contribution in [0.1, 0.15) is 29.2 Å². The van der Waals surface area contributed by atoms with E-state index in [2.05, 4.69) is 10.6 Å². The standard InChI is InChI=1S/C19H18F2N2O3/c20-11-7-14-17(4-5-26-18(14)15(21)8-11)23-19(25)22-16-3-1-2-10-6-12(24)9-13(10)16/h1-3,7-8,12,17,24H,4-6,9H2,(H2,22,23,25)/t12-,17-/m1/s1. The van der Waals surface area contributed by atoms with Crippen LogP contribution in [0.4, 0.5) is 19.3 Å². The van der Waals surface area contributed by atoms with E-state index in [0.29, 0.717) is 24.9 Å². The fraction of sp³-hybridized carbons (Fsp3) is 0.316. The molecule has 5 nitrogen and oxygen atoms in total. The van der Waals surface area contributed by atoms with Crippen LogP contribution in [0, 0.1) is 11.6 Å². The second-order valence-corrected chi connectivity index (χ2v) is 6.60. The number of benzene rings is 2. The second-order valence-electron chi connectivity index (χ2n) is 6.60. The van der Waals surface area contributed by atoms with Gasteiger partial charge in [-0.1, -0.05) is 12.1 Å². The van der Waals surface area contributed by atoms with E-state index in [1.165, 1.54) is 6.07 Å². The van der Waals surface area contributed by atoms with Crippen molar-refractivity contribution in [2.45, 2.75) is 31.4 Å². The number of anilines is 1. The fourth-order valence-electron chi connectivity index (χ4n) is 3.64. The Morgan fingerprint density at radius 1 is 1.23 bits per heavy atom. The maximum atomic E-state index is 13.9. The molecule has 2 amide bonds. The van der Waals surface area contributed by atoms with Gasteiger partial charge < -0.3 is 20.5 Å². The van der Waals surface area contributed by atoms with Crippen molar-refractivity contribution >= 4 is 11.7 Å². The Hall–Kier alpha value is -2.67. The minimum atomic E-state index is -0.776. The smallest absolute Gasteiger partial charge is 0.319 e. The number of amides is 2. The third-order valence-electron chi connectivity index (χ3n) is 4.79. The van der Waals surface area contributed by atoms with Crippen molar-refractivity contribution in [1.82, 2.24) is 5.32 Å². The molecular weight excluding hydrogens is 342 g/mol. The average molecular weight is 360 g/mol. The highest BCUT2D eigenvalue weighted by Crippen LogP contribution is 2.35. The second kappa shape index (κ2) is 6.57. The Kier molecular flexibility index (Phi) is 4.24. The minimum absolute atomic E-state index is 0.0216. The Bertz CT molecular complexity index is 872. The van der Waals surface area contributed by atoms with Gasteiger partial charge in [0, 0.05) is 30.2 Å². The highest BCUT2D eigenvalue weighted by atomic mass is 19.1. The summed E-state index contributed by atoms with van der Waals surface area (Å²) in [6.07, 6.45) is 1.03. The summed E-state index contributed by atoms with van der Waals surface area (Å²) in [7, 11) is 0. The van der Waals surface area contributed by atoms with Crippen LogP contribution in [-0.2, 0) is 12.8 Å². The van der Waals surface area contributed by atoms with Crippen LogP contribution in [-0.4, -0.2) is 23.8 Å². The van der Waals surface area contributed by atoms with Crippen molar-refractivity contribution in [3.05, 3.63) is 58.7 Å². The van der Waals surface area contributed by atoms with Gasteiger partial charge >= 0.3 is 6.03 Å². The number of hydrogen-bond donors (Lipinski definition) is 3. The number of hydrogen-bond acceptors (Lipinski definition) is 3. The van der Waals surface area contributed by atoms with Crippen LogP contribution in [0.15, 0.2) is 30.3 Å². The number of carbonyl (C=O) groups excluding carboxylic acids is 1. The molecule has 0 fully saturated rings. The third-order valence-corrected chi connectivity index (χ3v) is 4.79. The zero-order chi connectivity index (χ0) is 18.3. The van der Waals surface area contributed by atoms with Crippen molar-refractivity contribution in [2.75, 3.05) is 11.9 Å². The van der Waals surface area contributed by atoms with Crippen LogP contribution in [0.25, 0.3) is 0 Å². The zero-order valence-corrected chi connectivity index (χ0v) is 13.9. The molecule has 2 aromatic carbocycles. The molecule has 0 saturated heterocycles. The van der Waals surface area contributed by atoms with Crippen molar-refractivity contribution < 1.29 is 23.4 Å². The molecule has 0 unspecified atom stereocenters. The molecule has 136 valence electrons. The molecular formula is C19H18F2N2O3. The van der Waals surface area contributed by atoms with Gasteiger partial charge in [-0.2, -0.15) is 0 Å². The number of halogens is 2. The van der Waals surface area contributed by atoms with E-state index in [9.17, 15) is 18.7 Å². The highest BCUT2D eigenvalue weighted by Gasteiger charge is 2.27. The van der Waals surface area contributed by atoms with Crippen molar-refractivity contribution in [3.8, 4) is 5.75 Å². The topological polar surface area (TPSA) is 70.6 Å². The first kappa shape index (κ1) is 16.8. The highest BCUT2D eigenvalue weighted by molar-refractivity contribution is 5.90. The lowest BCUT2D eigenvalue weighted by Crippen LogP contribution is -2.35. The Morgan fingerprint density at radius 3 is 2.92 bits per heavy atom. The fourth-order valence-corrected chi connectivity index (χ4v) is 3.64. The van der Waals surface area contributed by atoms with Crippen LogP contribution in [0.2, 0.25) is 0 Å². The summed E-state index contributed by atoms with van der Waals surface area (Å²) in [6, 6.07) is 6.44. The molecule has 7 heteroatoms. The predicted molar refractivity (Wildman–Crippen MR) is 91.2 cm³/mol. The van der Waals surface area contributed by atoms with E-state index in [4.69, 9.17) is 4.74 Å². The molecule has 0 saturated carbocycles. The maximum absolute atomic E-state index is 13.9. The van der Waals surface area contributed by atoms with Gasteiger partial charge in [-0.3, -0.25) is 0 Å². The molecule has 0 radical (unpaired) electrons. The van der Waals surface area contributed by atoms with Gasteiger partial charge in [-0.25, -0.2) is 13.6 Å². The molecule has 2 atom stereocenters. The Balaban J connectivity index is 1.52. The molecule has 3 N–H and O–H groups in total. The van der Waals surface area contributed by atoms with Gasteiger partial charge in [-0.15, -0.1) is 0 Å². The number of ether oxygens (including phenoxy) is 1. The lowest BCUT2D eigenvalue weighted by atomic mass is 10.00. The van der Waals surface area contributed by atoms with Gasteiger partial charge in [0.15, 0.2) is 11.6 Å². The SMILES string of the molecule is O=C(Nc1cccc2c1C[C@H](O)C2)N[C@@H]1CCOc2c(F)cc(F)cc21. The van der Waals surface area contributed by atoms with Crippen molar-refractivity contribution in [3.63, 3.8) is 0 Å². The van der Waals surface area contributed by atoms with E-state index in [1.807, 2.05) is 12.1 Å². The van der Waals surface area contributed by atoms with Crippen LogP contribution < -0.4 is 15.4 Å². The molecule has 2 aromatic rings. The first-order valence-corrected chi connectivity index (χ1v) is 8.49. The minimum Gasteiger partial charge on any atom is -0.490 e. The summed E-state index contributed by atoms with van der Waals surface area (Å²) in [6.45, 7) is 0.230. The number of nitrogens with one attached hydrogen (secondary N) is 2. The normalized spacial score (nSPS) is 20.7. The summed E-state index contributed by atoms with van der Waals surface area (Å²) in [5.74, 6) is -1.51. The molecule has 4 rings (SSSR count). The average Bonchev–Trinajstić information content (AvgIpc) is 2.97. The predicted octanol–water partition coefficient (Wildman–Crippen LogP) is 3.07. The van der Waals surface area contributed by atoms with Gasteiger partial charge in [0.25, 0.3) is 0 Å². The largest absolute Gasteiger partial charge is 0.490 e. The van der Waals surface area contributed by atoms with E-state index in [1.54, 1.807) is 6.07 Å². The zero-order valence-electron chi connectivity index (χ0n) is 13.9. The lowest BCUT2D eigenvalue weighted by Gasteiger charge is -2.27. The van der Waals surface area contributed by atoms with E-state index >= 15 is 0 Å². The molecule has 1 aliphatic carbocycles. The quantitative estimate of drug-likeness (QED) is 0.771. The van der Waals surface area contributed by atoms with E-state index in [0.717, 1.165) is 17.2 Å². The van der Waals surface area contributed by atoms with Gasteiger partial charge in [0.05, 0.1) is 18.8 Å². The van der Waals surface area contributed by atoms with Crippen molar-refractivity contribution in [1.29, 1.82) is 0 Å². The van der Waals surface area contributed by atoms with E-state index in [-0.39, 0.29) is 17.9 Å². The number of carbonyl (C=O) groups is 1. The molecule has 1 heterocycles. The van der Waals surface area contributed by atoms with Crippen LogP contribution >= 0.6 is 0 Å². The number of urea groups is 1. The number of rotatable bonds is 2. The number of aliphatic hydroxyl groups excluding tert-OH is 1. The van der Waals surface area contributed by atoms with Gasteiger partial charge in [0.2, 0.25) is 0 Å². The van der Waals surface area contributed by atoms with Crippen LogP contribution in [0.5, 0.6) is 5.75 Å². The number of aliphatic hydroxyl groups is 1. The molecule has 0 spiro atoms. The van der Waals surface area contributed by atoms with Gasteiger partial charge in [-0.05, 0) is 29.7 Å². The molecule has 1 aliphatic heterocycles. The molecule has 2 aliphatic rings. The summed E-state index contributed by atoms with van der Waals surface area (Å²) in [5, 5.41) is 15.4. The molecule has 0 bridgehead atoms. The summed E-state index contributed by atoms with van der Waals surface area (Å²) in [5.41, 5.74) is 2.85. The Labute approximate surface area is 149 Å². The molecule has 0 aromatic heterocycles. The van der Waals surface area contributed by atoms with Crippen LogP contribution in [0.3, 0.4) is 0 Å². The lowest BCUT2D eigenvalue weighted by molar-refractivity contribution is 0.187. The summed E-state index contributed by atoms with van der Waals surface area (Å²) in [4.78, 5) is 12.4. The summed E-state index contributed by atoms with van der Waals surface area (Å²) >= 11 is 0. The first-order valence-electron chi connectivity index (χ1n) is 8.49. The van der Waals surface area contributed by atoms with Crippen molar-refractivity contribution in [2.24, 2.45) is 0 Å². The van der Waals surface area contributed by atoms with E-state index < -0.39 is 29.8 Å². The Morgan fingerprint density at radius 2 is 2.08 bits per heavy atom. The summed E-state index contributed by atoms with van der Waals surface area (Å²) < 4.78 is 32.7. The third kappa shape index (κ3) is 3.10. The van der Waals surface area contributed by atoms with Gasteiger partial charge in [0.1, 0.15) is 5.82 Å². The molecule has 26 heavy (non-hydrogen) atoms. The number of fused-ring (bicyclic) bond motifs is 2. The maximum Gasteiger partial charge on any atom is 0.319 e.